The summed E-state index contributed by atoms with van der Waals surface area (Å²) in [5.41, 5.74) is 3.62. The van der Waals surface area contributed by atoms with E-state index in [0.29, 0.717) is 26.4 Å². The van der Waals surface area contributed by atoms with Crippen LogP contribution in [0.3, 0.4) is 0 Å². The molecular formula is C39H54O7Si. The van der Waals surface area contributed by atoms with Crippen molar-refractivity contribution in [2.24, 2.45) is 0 Å². The largest absolute Gasteiger partial charge is 0.394 e. The first kappa shape index (κ1) is 37.2. The fourth-order valence-electron chi connectivity index (χ4n) is 6.12. The predicted octanol–water partition coefficient (Wildman–Crippen LogP) is 8.38. The van der Waals surface area contributed by atoms with Crippen LogP contribution in [-0.4, -0.2) is 59.6 Å². The van der Waals surface area contributed by atoms with Crippen LogP contribution in [0, 0.1) is 0 Å². The number of rotatable bonds is 20. The Morgan fingerprint density at radius 1 is 0.681 bits per heavy atom. The molecule has 3 aromatic rings. The second kappa shape index (κ2) is 19.4. The molecule has 0 N–H and O–H groups in total. The summed E-state index contributed by atoms with van der Waals surface area (Å²) in [6.45, 7) is 14.7. The Labute approximate surface area is 283 Å². The van der Waals surface area contributed by atoms with Crippen LogP contribution < -0.4 is 0 Å². The van der Waals surface area contributed by atoms with E-state index < -0.39 is 39.3 Å². The molecule has 7 nitrogen and oxygen atoms in total. The molecule has 4 rings (SSSR count). The topological polar surface area (TPSA) is 64.6 Å². The summed E-state index contributed by atoms with van der Waals surface area (Å²) in [6, 6.07) is 30.4. The minimum Gasteiger partial charge on any atom is -0.394 e. The summed E-state index contributed by atoms with van der Waals surface area (Å²) in [5, 5.41) is 0. The highest BCUT2D eigenvalue weighted by atomic mass is 28.4. The number of methoxy groups -OCH3 is 1. The quantitative estimate of drug-likeness (QED) is 0.0684. The molecule has 256 valence electrons. The van der Waals surface area contributed by atoms with Gasteiger partial charge in [0, 0.05) is 13.7 Å². The van der Waals surface area contributed by atoms with E-state index in [2.05, 4.69) is 58.5 Å². The van der Waals surface area contributed by atoms with Gasteiger partial charge in [-0.3, -0.25) is 0 Å². The molecule has 0 bridgehead atoms. The van der Waals surface area contributed by atoms with Crippen molar-refractivity contribution in [2.75, 3.05) is 20.3 Å². The fraction of sp³-hybridized carbons (Fsp3) is 0.487. The lowest BCUT2D eigenvalue weighted by molar-refractivity contribution is -0.321. The molecule has 0 amide bonds. The maximum Gasteiger partial charge on any atom is 0.343 e. The van der Waals surface area contributed by atoms with Gasteiger partial charge in [-0.25, -0.2) is 0 Å². The Morgan fingerprint density at radius 2 is 1.15 bits per heavy atom. The summed E-state index contributed by atoms with van der Waals surface area (Å²) < 4.78 is 46.4. The third-order valence-corrected chi connectivity index (χ3v) is 13.1. The van der Waals surface area contributed by atoms with E-state index >= 15 is 0 Å². The lowest BCUT2D eigenvalue weighted by Gasteiger charge is -2.47. The summed E-state index contributed by atoms with van der Waals surface area (Å²) in [5.74, 6) is 0. The Bertz CT molecular complexity index is 1270. The van der Waals surface area contributed by atoms with Gasteiger partial charge in [0.1, 0.15) is 24.4 Å². The van der Waals surface area contributed by atoms with E-state index in [-0.39, 0.29) is 17.7 Å². The minimum atomic E-state index is -2.69. The van der Waals surface area contributed by atoms with Crippen molar-refractivity contribution < 1.29 is 32.5 Å². The third-order valence-electron chi connectivity index (χ3n) is 8.64. The van der Waals surface area contributed by atoms with Crippen molar-refractivity contribution in [1.82, 2.24) is 0 Å². The highest BCUT2D eigenvalue weighted by Crippen LogP contribution is 2.37. The normalized spacial score (nSPS) is 21.7. The first-order chi connectivity index (χ1) is 22.9. The van der Waals surface area contributed by atoms with Gasteiger partial charge in [0.25, 0.3) is 0 Å². The molecule has 0 aromatic heterocycles. The monoisotopic (exact) mass is 662 g/mol. The molecule has 0 unspecified atom stereocenters. The number of benzene rings is 3. The van der Waals surface area contributed by atoms with Crippen molar-refractivity contribution in [3.8, 4) is 0 Å². The van der Waals surface area contributed by atoms with Gasteiger partial charge < -0.3 is 32.5 Å². The van der Waals surface area contributed by atoms with Gasteiger partial charge in [-0.2, -0.15) is 0 Å². The molecule has 0 spiro atoms. The number of allylic oxidation sites excluding steroid dienone is 1. The van der Waals surface area contributed by atoms with E-state index in [4.69, 9.17) is 32.5 Å². The number of hydrogen-bond acceptors (Lipinski definition) is 7. The molecule has 8 heteroatoms. The SMILES string of the molecule is C=CCCCO[Si](OC[C@H]1O[C@H](OC)[C@H](OCc2ccccc2)[C@@H](OCc2ccccc2)[C@@H]1OCc1ccccc1)(C(C)C)C(C)C. The number of unbranched alkanes of at least 4 members (excludes halogenated alkanes) is 1. The van der Waals surface area contributed by atoms with E-state index in [1.807, 2.05) is 72.8 Å². The molecule has 0 aliphatic carbocycles. The van der Waals surface area contributed by atoms with Crippen LogP contribution in [0.4, 0.5) is 0 Å². The second-order valence-corrected chi connectivity index (χ2v) is 17.0. The van der Waals surface area contributed by atoms with E-state index in [1.54, 1.807) is 7.11 Å². The van der Waals surface area contributed by atoms with Crippen molar-refractivity contribution in [2.45, 2.75) is 102 Å². The molecular weight excluding hydrogens is 609 g/mol. The zero-order valence-corrected chi connectivity index (χ0v) is 29.8. The van der Waals surface area contributed by atoms with E-state index in [0.717, 1.165) is 29.5 Å². The van der Waals surface area contributed by atoms with Gasteiger partial charge in [0.2, 0.25) is 0 Å². The van der Waals surface area contributed by atoms with Gasteiger partial charge in [0.15, 0.2) is 6.29 Å². The lowest BCUT2D eigenvalue weighted by atomic mass is 9.98. The molecule has 1 aliphatic rings. The average molecular weight is 663 g/mol. The first-order valence-corrected chi connectivity index (χ1v) is 18.9. The zero-order chi connectivity index (χ0) is 33.5. The lowest BCUT2D eigenvalue weighted by Crippen LogP contribution is -2.62. The van der Waals surface area contributed by atoms with Gasteiger partial charge in [-0.1, -0.05) is 125 Å². The second-order valence-electron chi connectivity index (χ2n) is 12.7. The molecule has 1 saturated heterocycles. The Hall–Kier alpha value is -2.66. The highest BCUT2D eigenvalue weighted by molar-refractivity contribution is 6.70. The molecule has 1 fully saturated rings. The van der Waals surface area contributed by atoms with Crippen LogP contribution in [-0.2, 0) is 52.4 Å². The smallest absolute Gasteiger partial charge is 0.343 e. The predicted molar refractivity (Wildman–Crippen MR) is 188 cm³/mol. The van der Waals surface area contributed by atoms with Crippen LogP contribution in [0.15, 0.2) is 104 Å². The summed E-state index contributed by atoms with van der Waals surface area (Å²) >= 11 is 0. The fourth-order valence-corrected chi connectivity index (χ4v) is 9.75. The molecule has 1 heterocycles. The van der Waals surface area contributed by atoms with Gasteiger partial charge in [0.05, 0.1) is 26.4 Å². The van der Waals surface area contributed by atoms with Crippen molar-refractivity contribution in [3.05, 3.63) is 120 Å². The molecule has 47 heavy (non-hydrogen) atoms. The Balaban J connectivity index is 1.65. The molecule has 0 saturated carbocycles. The summed E-state index contributed by atoms with van der Waals surface area (Å²) in [4.78, 5) is 0. The average Bonchev–Trinajstić information content (AvgIpc) is 3.10. The Kier molecular flexibility index (Phi) is 15.3. The highest BCUT2D eigenvalue weighted by Gasteiger charge is 2.51. The van der Waals surface area contributed by atoms with Crippen molar-refractivity contribution in [1.29, 1.82) is 0 Å². The summed E-state index contributed by atoms with van der Waals surface area (Å²) in [6.07, 6.45) is 0.950. The maximum atomic E-state index is 6.96. The van der Waals surface area contributed by atoms with Crippen LogP contribution in [0.25, 0.3) is 0 Å². The van der Waals surface area contributed by atoms with Crippen LogP contribution >= 0.6 is 0 Å². The van der Waals surface area contributed by atoms with Gasteiger partial charge in [-0.05, 0) is 40.6 Å². The maximum absolute atomic E-state index is 6.96. The van der Waals surface area contributed by atoms with Crippen molar-refractivity contribution in [3.63, 3.8) is 0 Å². The standard InChI is InChI=1S/C39H54O7Si/c1-7-8-18-25-44-47(30(2)3,31(4)5)45-29-35-36(41-26-32-19-12-9-13-20-32)37(42-27-33-21-14-10-15-22-33)38(39(40-6)46-35)43-28-34-23-16-11-17-24-34/h7,9-17,19-24,30-31,35-39H,1,8,18,25-29H2,2-6H3/t35-,36-,37+,38-,39+/m1/s1. The number of ether oxygens (including phenoxy) is 5. The molecule has 5 atom stereocenters. The van der Waals surface area contributed by atoms with Crippen LogP contribution in [0.5, 0.6) is 0 Å². The van der Waals surface area contributed by atoms with Crippen LogP contribution in [0.2, 0.25) is 11.1 Å². The van der Waals surface area contributed by atoms with Gasteiger partial charge in [-0.15, -0.1) is 6.58 Å². The molecule has 1 aliphatic heterocycles. The van der Waals surface area contributed by atoms with Gasteiger partial charge >= 0.3 is 8.56 Å². The first-order valence-electron chi connectivity index (χ1n) is 16.9. The van der Waals surface area contributed by atoms with E-state index in [9.17, 15) is 0 Å². The molecule has 3 aromatic carbocycles. The van der Waals surface area contributed by atoms with Crippen molar-refractivity contribution >= 4 is 8.56 Å². The van der Waals surface area contributed by atoms with E-state index in [1.165, 1.54) is 0 Å². The van der Waals surface area contributed by atoms with Crippen LogP contribution in [0.1, 0.15) is 57.2 Å². The zero-order valence-electron chi connectivity index (χ0n) is 28.8. The Morgan fingerprint density at radius 3 is 1.60 bits per heavy atom. The molecule has 0 radical (unpaired) electrons. The summed E-state index contributed by atoms with van der Waals surface area (Å²) in [7, 11) is -1.04. The number of hydrogen-bond donors (Lipinski definition) is 0. The third kappa shape index (κ3) is 10.7. The minimum absolute atomic E-state index is 0.226.